The number of allylic oxidation sites excluding steroid dienone is 3. The van der Waals surface area contributed by atoms with E-state index in [1.165, 1.54) is 22.3 Å². The van der Waals surface area contributed by atoms with Crippen LogP contribution in [0.3, 0.4) is 0 Å². The summed E-state index contributed by atoms with van der Waals surface area (Å²) in [4.78, 5) is 0. The van der Waals surface area contributed by atoms with Crippen LogP contribution in [0.4, 0.5) is 0 Å². The molecule has 1 heteroatoms. The van der Waals surface area contributed by atoms with Crippen molar-refractivity contribution in [2.24, 2.45) is 5.92 Å². The summed E-state index contributed by atoms with van der Waals surface area (Å²) in [6.45, 7) is 10.5. The first-order chi connectivity index (χ1) is 8.58. The average Bonchev–Trinajstić information content (AvgIpc) is 2.41. The SMILES string of the molecule is C=C1CC(CC)C(=N)c2ccc(/C(C)=C/C)cc21. The highest BCUT2D eigenvalue weighted by Crippen LogP contribution is 2.35. The van der Waals surface area contributed by atoms with Crippen LogP contribution in [0, 0.1) is 11.3 Å². The molecule has 94 valence electrons. The normalized spacial score (nSPS) is 19.9. The maximum absolute atomic E-state index is 8.28. The largest absolute Gasteiger partial charge is 0.304 e. The highest BCUT2D eigenvalue weighted by molar-refractivity contribution is 6.07. The van der Waals surface area contributed by atoms with Gasteiger partial charge in [-0.15, -0.1) is 0 Å². The highest BCUT2D eigenvalue weighted by atomic mass is 14.5. The highest BCUT2D eigenvalue weighted by Gasteiger charge is 2.25. The standard InChI is InChI=1S/C17H21N/c1-5-11(3)14-7-8-15-16(10-14)12(4)9-13(6-2)17(15)18/h5,7-8,10,13,18H,4,6,9H2,1-3H3/b11-5+,18-17?. The molecule has 0 bridgehead atoms. The van der Waals surface area contributed by atoms with Crippen molar-refractivity contribution in [1.29, 1.82) is 5.41 Å². The molecule has 0 radical (unpaired) electrons. The van der Waals surface area contributed by atoms with Crippen LogP contribution in [-0.4, -0.2) is 5.71 Å². The maximum atomic E-state index is 8.28. The van der Waals surface area contributed by atoms with Crippen molar-refractivity contribution in [2.45, 2.75) is 33.6 Å². The van der Waals surface area contributed by atoms with Gasteiger partial charge in [0, 0.05) is 17.2 Å². The zero-order valence-corrected chi connectivity index (χ0v) is 11.5. The molecular weight excluding hydrogens is 218 g/mol. The number of hydrogen-bond donors (Lipinski definition) is 1. The molecule has 0 fully saturated rings. The molecule has 0 saturated carbocycles. The van der Waals surface area contributed by atoms with Gasteiger partial charge in [0.05, 0.1) is 0 Å². The first-order valence-corrected chi connectivity index (χ1v) is 6.62. The van der Waals surface area contributed by atoms with Gasteiger partial charge in [-0.05, 0) is 55.0 Å². The fraction of sp³-hybridized carbons (Fsp3) is 0.353. The molecule has 1 aliphatic carbocycles. The molecule has 0 heterocycles. The first kappa shape index (κ1) is 12.8. The fourth-order valence-corrected chi connectivity index (χ4v) is 2.56. The van der Waals surface area contributed by atoms with Crippen molar-refractivity contribution in [3.05, 3.63) is 47.5 Å². The summed E-state index contributed by atoms with van der Waals surface area (Å²) in [6, 6.07) is 6.40. The molecule has 0 saturated heterocycles. The van der Waals surface area contributed by atoms with Crippen LogP contribution >= 0.6 is 0 Å². The number of nitrogens with one attached hydrogen (secondary N) is 1. The number of rotatable bonds is 2. The quantitative estimate of drug-likeness (QED) is 0.757. The van der Waals surface area contributed by atoms with Crippen LogP contribution in [0.2, 0.25) is 0 Å². The second-order valence-corrected chi connectivity index (χ2v) is 5.06. The molecular formula is C17H21N. The van der Waals surface area contributed by atoms with Gasteiger partial charge in [-0.1, -0.05) is 31.7 Å². The minimum absolute atomic E-state index is 0.346. The zero-order chi connectivity index (χ0) is 13.3. The van der Waals surface area contributed by atoms with E-state index in [0.717, 1.165) is 24.1 Å². The Balaban J connectivity index is 2.52. The second kappa shape index (κ2) is 4.93. The molecule has 0 aromatic heterocycles. The average molecular weight is 239 g/mol. The Morgan fingerprint density at radius 3 is 2.78 bits per heavy atom. The smallest absolute Gasteiger partial charge is 0.0426 e. The summed E-state index contributed by atoms with van der Waals surface area (Å²) in [5.74, 6) is 0.346. The Hall–Kier alpha value is -1.63. The van der Waals surface area contributed by atoms with Gasteiger partial charge in [-0.3, -0.25) is 0 Å². The summed E-state index contributed by atoms with van der Waals surface area (Å²) < 4.78 is 0. The monoisotopic (exact) mass is 239 g/mol. The molecule has 1 aromatic rings. The van der Waals surface area contributed by atoms with Gasteiger partial charge in [0.15, 0.2) is 0 Å². The van der Waals surface area contributed by atoms with E-state index in [4.69, 9.17) is 5.41 Å². The van der Waals surface area contributed by atoms with Gasteiger partial charge in [-0.2, -0.15) is 0 Å². The third-order valence-electron chi connectivity index (χ3n) is 3.97. The van der Waals surface area contributed by atoms with Gasteiger partial charge in [-0.25, -0.2) is 0 Å². The van der Waals surface area contributed by atoms with Crippen LogP contribution in [0.1, 0.15) is 50.3 Å². The lowest BCUT2D eigenvalue weighted by Crippen LogP contribution is -2.21. The molecule has 0 amide bonds. The molecule has 1 atom stereocenters. The summed E-state index contributed by atoms with van der Waals surface area (Å²) >= 11 is 0. The topological polar surface area (TPSA) is 23.9 Å². The van der Waals surface area contributed by atoms with E-state index in [9.17, 15) is 0 Å². The molecule has 0 spiro atoms. The van der Waals surface area contributed by atoms with Crippen LogP contribution in [-0.2, 0) is 0 Å². The summed E-state index contributed by atoms with van der Waals surface area (Å²) in [5.41, 5.74) is 6.72. The van der Waals surface area contributed by atoms with E-state index in [-0.39, 0.29) is 0 Å². The van der Waals surface area contributed by atoms with Crippen molar-refractivity contribution in [3.8, 4) is 0 Å². The lowest BCUT2D eigenvalue weighted by Gasteiger charge is -2.27. The van der Waals surface area contributed by atoms with E-state index in [2.05, 4.69) is 51.6 Å². The Kier molecular flexibility index (Phi) is 3.51. The van der Waals surface area contributed by atoms with E-state index < -0.39 is 0 Å². The molecule has 1 aliphatic rings. The first-order valence-electron chi connectivity index (χ1n) is 6.62. The van der Waals surface area contributed by atoms with Crippen molar-refractivity contribution >= 4 is 16.9 Å². The van der Waals surface area contributed by atoms with Crippen LogP contribution < -0.4 is 0 Å². The van der Waals surface area contributed by atoms with Crippen LogP contribution in [0.15, 0.2) is 30.9 Å². The van der Waals surface area contributed by atoms with E-state index in [1.807, 2.05) is 0 Å². The van der Waals surface area contributed by atoms with E-state index in [0.29, 0.717) is 5.92 Å². The molecule has 1 N–H and O–H groups in total. The molecule has 18 heavy (non-hydrogen) atoms. The second-order valence-electron chi connectivity index (χ2n) is 5.06. The minimum atomic E-state index is 0.346. The Bertz CT molecular complexity index is 535. The van der Waals surface area contributed by atoms with Gasteiger partial charge in [0.25, 0.3) is 0 Å². The van der Waals surface area contributed by atoms with E-state index >= 15 is 0 Å². The third-order valence-corrected chi connectivity index (χ3v) is 3.97. The van der Waals surface area contributed by atoms with Gasteiger partial charge in [0.2, 0.25) is 0 Å². The third kappa shape index (κ3) is 2.05. The summed E-state index contributed by atoms with van der Waals surface area (Å²) in [5, 5.41) is 8.28. The molecule has 1 unspecified atom stereocenters. The van der Waals surface area contributed by atoms with Crippen molar-refractivity contribution < 1.29 is 0 Å². The van der Waals surface area contributed by atoms with Crippen molar-refractivity contribution in [3.63, 3.8) is 0 Å². The van der Waals surface area contributed by atoms with Gasteiger partial charge in [0.1, 0.15) is 0 Å². The van der Waals surface area contributed by atoms with E-state index in [1.54, 1.807) is 0 Å². The Labute approximate surface area is 110 Å². The summed E-state index contributed by atoms with van der Waals surface area (Å²) in [6.07, 6.45) is 4.07. The molecule has 0 aliphatic heterocycles. The number of hydrogen-bond acceptors (Lipinski definition) is 1. The van der Waals surface area contributed by atoms with Crippen molar-refractivity contribution in [1.82, 2.24) is 0 Å². The molecule has 1 aromatic carbocycles. The minimum Gasteiger partial charge on any atom is -0.304 e. The Morgan fingerprint density at radius 2 is 2.17 bits per heavy atom. The zero-order valence-electron chi connectivity index (χ0n) is 11.5. The summed E-state index contributed by atoms with van der Waals surface area (Å²) in [7, 11) is 0. The van der Waals surface area contributed by atoms with Gasteiger partial charge < -0.3 is 5.41 Å². The Morgan fingerprint density at radius 1 is 1.44 bits per heavy atom. The lowest BCUT2D eigenvalue weighted by atomic mass is 9.77. The fourth-order valence-electron chi connectivity index (χ4n) is 2.56. The number of fused-ring (bicyclic) bond motifs is 1. The van der Waals surface area contributed by atoms with Gasteiger partial charge >= 0.3 is 0 Å². The molecule has 2 rings (SSSR count). The van der Waals surface area contributed by atoms with Crippen molar-refractivity contribution in [2.75, 3.05) is 0 Å². The predicted molar refractivity (Wildman–Crippen MR) is 80.0 cm³/mol. The number of benzene rings is 1. The lowest BCUT2D eigenvalue weighted by molar-refractivity contribution is 0.675. The molecule has 1 nitrogen and oxygen atoms in total. The predicted octanol–water partition coefficient (Wildman–Crippen LogP) is 4.92. The maximum Gasteiger partial charge on any atom is 0.0426 e. The van der Waals surface area contributed by atoms with Crippen LogP contribution in [0.5, 0.6) is 0 Å². The van der Waals surface area contributed by atoms with Crippen LogP contribution in [0.25, 0.3) is 11.1 Å².